The highest BCUT2D eigenvalue weighted by molar-refractivity contribution is 6.42. The second kappa shape index (κ2) is 5.94. The third-order valence-electron chi connectivity index (χ3n) is 2.72. The summed E-state index contributed by atoms with van der Waals surface area (Å²) in [6.07, 6.45) is 0.692. The molecule has 94 valence electrons. The van der Waals surface area contributed by atoms with Gasteiger partial charge in [0.2, 0.25) is 0 Å². The lowest BCUT2D eigenvalue weighted by atomic mass is 10.00. The Bertz CT molecular complexity index is 554. The molecule has 0 aromatic heterocycles. The fraction of sp³-hybridized carbons (Fsp3) is 0.143. The molecule has 0 aliphatic carbocycles. The summed E-state index contributed by atoms with van der Waals surface area (Å²) in [6, 6.07) is 13.0. The topological polar surface area (TPSA) is 26.0 Å². The molecule has 0 radical (unpaired) electrons. The van der Waals surface area contributed by atoms with Crippen LogP contribution in [0.25, 0.3) is 0 Å². The average molecular weight is 301 g/mol. The fourth-order valence-electron chi connectivity index (χ4n) is 1.78. The lowest BCUT2D eigenvalue weighted by Crippen LogP contribution is -2.13. The van der Waals surface area contributed by atoms with Crippen LogP contribution >= 0.6 is 34.8 Å². The summed E-state index contributed by atoms with van der Waals surface area (Å²) >= 11 is 17.8. The predicted molar refractivity (Wildman–Crippen MR) is 78.5 cm³/mol. The third kappa shape index (κ3) is 3.39. The number of benzene rings is 2. The fourth-order valence-corrected chi connectivity index (χ4v) is 2.30. The Kier molecular flexibility index (Phi) is 4.52. The van der Waals surface area contributed by atoms with Crippen molar-refractivity contribution in [2.24, 2.45) is 5.73 Å². The molecular weight excluding hydrogens is 289 g/mol. The minimum Gasteiger partial charge on any atom is -0.324 e. The van der Waals surface area contributed by atoms with Gasteiger partial charge in [0.05, 0.1) is 10.0 Å². The van der Waals surface area contributed by atoms with E-state index in [-0.39, 0.29) is 6.04 Å². The zero-order chi connectivity index (χ0) is 13.1. The van der Waals surface area contributed by atoms with Crippen LogP contribution in [0.5, 0.6) is 0 Å². The van der Waals surface area contributed by atoms with E-state index in [0.29, 0.717) is 21.5 Å². The Hall–Kier alpha value is -0.730. The Balaban J connectivity index is 2.16. The van der Waals surface area contributed by atoms with Gasteiger partial charge in [-0.1, -0.05) is 53.0 Å². The number of hydrogen-bond acceptors (Lipinski definition) is 1. The number of rotatable bonds is 3. The van der Waals surface area contributed by atoms with E-state index in [1.54, 1.807) is 6.07 Å². The van der Waals surface area contributed by atoms with Gasteiger partial charge in [0.1, 0.15) is 0 Å². The molecular formula is C14H12Cl3N. The van der Waals surface area contributed by atoms with Crippen molar-refractivity contribution < 1.29 is 0 Å². The SMILES string of the molecule is NC(Cc1ccc(Cl)c(Cl)c1)c1cccc(Cl)c1. The summed E-state index contributed by atoms with van der Waals surface area (Å²) in [7, 11) is 0. The Labute approximate surface area is 121 Å². The standard InChI is InChI=1S/C14H12Cl3N/c15-11-3-1-2-10(8-11)14(18)7-9-4-5-12(16)13(17)6-9/h1-6,8,14H,7,18H2. The van der Waals surface area contributed by atoms with E-state index in [2.05, 4.69) is 0 Å². The van der Waals surface area contributed by atoms with Gasteiger partial charge in [-0.2, -0.15) is 0 Å². The maximum Gasteiger partial charge on any atom is 0.0595 e. The number of nitrogens with two attached hydrogens (primary N) is 1. The first-order valence-electron chi connectivity index (χ1n) is 5.51. The summed E-state index contributed by atoms with van der Waals surface area (Å²) in [5.41, 5.74) is 8.21. The van der Waals surface area contributed by atoms with Gasteiger partial charge in [0.15, 0.2) is 0 Å². The lowest BCUT2D eigenvalue weighted by molar-refractivity contribution is 0.722. The smallest absolute Gasteiger partial charge is 0.0595 e. The first-order valence-corrected chi connectivity index (χ1v) is 6.64. The van der Waals surface area contributed by atoms with Gasteiger partial charge in [-0.3, -0.25) is 0 Å². The zero-order valence-electron chi connectivity index (χ0n) is 9.54. The van der Waals surface area contributed by atoms with Crippen molar-refractivity contribution in [3.63, 3.8) is 0 Å². The van der Waals surface area contributed by atoms with Gasteiger partial charge in [-0.25, -0.2) is 0 Å². The molecule has 0 saturated heterocycles. The summed E-state index contributed by atoms with van der Waals surface area (Å²) < 4.78 is 0. The van der Waals surface area contributed by atoms with Crippen LogP contribution in [-0.4, -0.2) is 0 Å². The average Bonchev–Trinajstić information content (AvgIpc) is 2.34. The van der Waals surface area contributed by atoms with E-state index in [1.165, 1.54) is 0 Å². The van der Waals surface area contributed by atoms with Crippen LogP contribution < -0.4 is 5.73 Å². The van der Waals surface area contributed by atoms with Gasteiger partial charge in [0, 0.05) is 11.1 Å². The van der Waals surface area contributed by atoms with Gasteiger partial charge >= 0.3 is 0 Å². The quantitative estimate of drug-likeness (QED) is 0.858. The van der Waals surface area contributed by atoms with Crippen molar-refractivity contribution in [2.45, 2.75) is 12.5 Å². The molecule has 0 spiro atoms. The minimum atomic E-state index is -0.110. The van der Waals surface area contributed by atoms with Crippen molar-refractivity contribution in [2.75, 3.05) is 0 Å². The molecule has 0 fully saturated rings. The summed E-state index contributed by atoms with van der Waals surface area (Å²) in [5, 5.41) is 1.79. The molecule has 0 aliphatic heterocycles. The monoisotopic (exact) mass is 299 g/mol. The molecule has 0 aliphatic rings. The second-order valence-electron chi connectivity index (χ2n) is 4.11. The highest BCUT2D eigenvalue weighted by atomic mass is 35.5. The maximum absolute atomic E-state index is 6.15. The Morgan fingerprint density at radius 3 is 2.39 bits per heavy atom. The van der Waals surface area contributed by atoms with Crippen molar-refractivity contribution >= 4 is 34.8 Å². The molecule has 2 aromatic rings. The molecule has 1 atom stereocenters. The highest BCUT2D eigenvalue weighted by Crippen LogP contribution is 2.25. The molecule has 2 N–H and O–H groups in total. The highest BCUT2D eigenvalue weighted by Gasteiger charge is 2.08. The van der Waals surface area contributed by atoms with E-state index in [0.717, 1.165) is 11.1 Å². The van der Waals surface area contributed by atoms with E-state index in [4.69, 9.17) is 40.5 Å². The summed E-state index contributed by atoms with van der Waals surface area (Å²) in [6.45, 7) is 0. The maximum atomic E-state index is 6.15. The minimum absolute atomic E-state index is 0.110. The molecule has 1 unspecified atom stereocenters. The molecule has 0 heterocycles. The third-order valence-corrected chi connectivity index (χ3v) is 3.69. The van der Waals surface area contributed by atoms with Crippen molar-refractivity contribution in [1.82, 2.24) is 0 Å². The predicted octanol–water partition coefficient (Wildman–Crippen LogP) is 4.89. The molecule has 2 rings (SSSR count). The molecule has 0 saturated carbocycles. The molecule has 0 bridgehead atoms. The zero-order valence-corrected chi connectivity index (χ0v) is 11.8. The first-order chi connectivity index (χ1) is 8.56. The lowest BCUT2D eigenvalue weighted by Gasteiger charge is -2.13. The van der Waals surface area contributed by atoms with Crippen LogP contribution in [0.1, 0.15) is 17.2 Å². The summed E-state index contributed by atoms with van der Waals surface area (Å²) in [4.78, 5) is 0. The molecule has 4 heteroatoms. The summed E-state index contributed by atoms with van der Waals surface area (Å²) in [5.74, 6) is 0. The molecule has 18 heavy (non-hydrogen) atoms. The van der Waals surface area contributed by atoms with Gasteiger partial charge in [-0.05, 0) is 41.8 Å². The Morgan fingerprint density at radius 2 is 1.72 bits per heavy atom. The Morgan fingerprint density at radius 1 is 0.944 bits per heavy atom. The van der Waals surface area contributed by atoms with Gasteiger partial charge in [-0.15, -0.1) is 0 Å². The normalized spacial score (nSPS) is 12.4. The molecule has 2 aromatic carbocycles. The van der Waals surface area contributed by atoms with E-state index < -0.39 is 0 Å². The van der Waals surface area contributed by atoms with Crippen molar-refractivity contribution in [3.8, 4) is 0 Å². The van der Waals surface area contributed by atoms with Crippen LogP contribution in [0, 0.1) is 0 Å². The van der Waals surface area contributed by atoms with Gasteiger partial charge in [0.25, 0.3) is 0 Å². The van der Waals surface area contributed by atoms with E-state index in [1.807, 2.05) is 36.4 Å². The largest absolute Gasteiger partial charge is 0.324 e. The van der Waals surface area contributed by atoms with Gasteiger partial charge < -0.3 is 5.73 Å². The first kappa shape index (κ1) is 13.7. The van der Waals surface area contributed by atoms with Crippen molar-refractivity contribution in [1.29, 1.82) is 0 Å². The van der Waals surface area contributed by atoms with Crippen LogP contribution in [0.4, 0.5) is 0 Å². The van der Waals surface area contributed by atoms with Crippen LogP contribution in [-0.2, 0) is 6.42 Å². The van der Waals surface area contributed by atoms with E-state index >= 15 is 0 Å². The molecule has 0 amide bonds. The van der Waals surface area contributed by atoms with Crippen LogP contribution in [0.15, 0.2) is 42.5 Å². The second-order valence-corrected chi connectivity index (χ2v) is 5.36. The van der Waals surface area contributed by atoms with E-state index in [9.17, 15) is 0 Å². The molecule has 1 nitrogen and oxygen atoms in total. The van der Waals surface area contributed by atoms with Crippen LogP contribution in [0.3, 0.4) is 0 Å². The van der Waals surface area contributed by atoms with Crippen molar-refractivity contribution in [3.05, 3.63) is 68.7 Å². The number of halogens is 3. The van der Waals surface area contributed by atoms with Crippen LogP contribution in [0.2, 0.25) is 15.1 Å². The number of hydrogen-bond donors (Lipinski definition) is 1.